The monoisotopic (exact) mass is 407 g/mol. The Morgan fingerprint density at radius 2 is 2.36 bits per heavy atom. The fourth-order valence-corrected chi connectivity index (χ4v) is 3.37. The predicted octanol–water partition coefficient (Wildman–Crippen LogP) is 1.94. The second-order valence-corrected chi connectivity index (χ2v) is 6.74. The summed E-state index contributed by atoms with van der Waals surface area (Å²) in [6.07, 6.45) is 0.383. The van der Waals surface area contributed by atoms with Crippen LogP contribution in [0.5, 0.6) is 0 Å². The molecular weight excluding hydrogens is 389 g/mol. The van der Waals surface area contributed by atoms with Crippen LogP contribution in [-0.4, -0.2) is 61.2 Å². The molecule has 1 aromatic heterocycles. The Morgan fingerprint density at radius 1 is 1.54 bits per heavy atom. The molecule has 1 aliphatic rings. The number of hydrogen-bond acceptors (Lipinski definition) is 8. The number of aliphatic hydroxyl groups excluding tert-OH is 1. The first-order chi connectivity index (χ1) is 13.5. The summed E-state index contributed by atoms with van der Waals surface area (Å²) in [5.41, 5.74) is 0.830. The number of cyclic esters (lactones) is 1. The Bertz CT molecular complexity index is 877. The van der Waals surface area contributed by atoms with Crippen LogP contribution in [0.3, 0.4) is 0 Å². The Labute approximate surface area is 163 Å². The SMILES string of the molecule is N=CN(CCNc1nc(C=O)cs1)c1ccc(N2CC(CO)OC2=O)cc1F. The van der Waals surface area contributed by atoms with Gasteiger partial charge in [-0.25, -0.2) is 14.2 Å². The van der Waals surface area contributed by atoms with Crippen molar-refractivity contribution in [1.82, 2.24) is 4.98 Å². The molecule has 0 spiro atoms. The lowest BCUT2D eigenvalue weighted by Crippen LogP contribution is -2.29. The number of thiazole rings is 1. The first-order valence-corrected chi connectivity index (χ1v) is 9.24. The van der Waals surface area contributed by atoms with E-state index < -0.39 is 18.0 Å². The van der Waals surface area contributed by atoms with Gasteiger partial charge in [-0.05, 0) is 18.2 Å². The van der Waals surface area contributed by atoms with Crippen LogP contribution >= 0.6 is 11.3 Å². The first-order valence-electron chi connectivity index (χ1n) is 8.36. The van der Waals surface area contributed by atoms with Gasteiger partial charge < -0.3 is 20.1 Å². The molecule has 11 heteroatoms. The second kappa shape index (κ2) is 8.76. The molecule has 1 amide bonds. The summed E-state index contributed by atoms with van der Waals surface area (Å²) in [4.78, 5) is 29.1. The molecule has 148 valence electrons. The quantitative estimate of drug-likeness (QED) is 0.330. The molecule has 0 radical (unpaired) electrons. The minimum absolute atomic E-state index is 0.142. The summed E-state index contributed by atoms with van der Waals surface area (Å²) < 4.78 is 19.6. The number of halogens is 1. The maximum absolute atomic E-state index is 14.6. The normalized spacial score (nSPS) is 16.0. The lowest BCUT2D eigenvalue weighted by molar-refractivity contribution is 0.0963. The van der Waals surface area contributed by atoms with E-state index in [0.717, 1.165) is 6.34 Å². The van der Waals surface area contributed by atoms with E-state index in [9.17, 15) is 14.0 Å². The van der Waals surface area contributed by atoms with E-state index in [0.29, 0.717) is 29.3 Å². The maximum atomic E-state index is 14.6. The molecule has 0 bridgehead atoms. The van der Waals surface area contributed by atoms with Crippen molar-refractivity contribution in [3.8, 4) is 0 Å². The van der Waals surface area contributed by atoms with E-state index in [-0.39, 0.29) is 25.4 Å². The Hall–Kier alpha value is -3.05. The van der Waals surface area contributed by atoms with Crippen LogP contribution < -0.4 is 15.1 Å². The van der Waals surface area contributed by atoms with Crippen molar-refractivity contribution < 1.29 is 23.8 Å². The molecule has 1 saturated heterocycles. The summed E-state index contributed by atoms with van der Waals surface area (Å²) in [5.74, 6) is -0.598. The van der Waals surface area contributed by atoms with Crippen molar-refractivity contribution >= 4 is 46.6 Å². The Kier molecular flexibility index (Phi) is 6.16. The van der Waals surface area contributed by atoms with Crippen LogP contribution in [0.15, 0.2) is 23.6 Å². The molecule has 9 nitrogen and oxygen atoms in total. The zero-order chi connectivity index (χ0) is 20.1. The average Bonchev–Trinajstić information content (AvgIpc) is 3.31. The number of hydrogen-bond donors (Lipinski definition) is 3. The molecule has 1 unspecified atom stereocenters. The van der Waals surface area contributed by atoms with Gasteiger partial charge in [0.15, 0.2) is 11.4 Å². The van der Waals surface area contributed by atoms with Crippen molar-refractivity contribution in [2.45, 2.75) is 6.10 Å². The summed E-state index contributed by atoms with van der Waals surface area (Å²) in [7, 11) is 0. The van der Waals surface area contributed by atoms with Crippen molar-refractivity contribution in [2.24, 2.45) is 0 Å². The second-order valence-electron chi connectivity index (χ2n) is 5.88. The van der Waals surface area contributed by atoms with Gasteiger partial charge in [0.25, 0.3) is 0 Å². The van der Waals surface area contributed by atoms with E-state index in [1.54, 1.807) is 11.4 Å². The highest BCUT2D eigenvalue weighted by atomic mass is 32.1. The fraction of sp³-hybridized carbons (Fsp3) is 0.294. The number of anilines is 3. The average molecular weight is 407 g/mol. The predicted molar refractivity (Wildman–Crippen MR) is 103 cm³/mol. The first kappa shape index (κ1) is 19.7. The number of ether oxygens (including phenoxy) is 1. The number of aromatic nitrogens is 1. The molecule has 2 aromatic rings. The third-order valence-electron chi connectivity index (χ3n) is 4.06. The summed E-state index contributed by atoms with van der Waals surface area (Å²) in [5, 5.41) is 21.8. The zero-order valence-electron chi connectivity index (χ0n) is 14.7. The van der Waals surface area contributed by atoms with E-state index >= 15 is 0 Å². The van der Waals surface area contributed by atoms with Crippen molar-refractivity contribution in [3.05, 3.63) is 35.1 Å². The van der Waals surface area contributed by atoms with Gasteiger partial charge in [-0.1, -0.05) is 0 Å². The number of benzene rings is 1. The number of rotatable bonds is 9. The van der Waals surface area contributed by atoms with E-state index in [1.807, 2.05) is 0 Å². The van der Waals surface area contributed by atoms with Crippen LogP contribution in [0, 0.1) is 11.2 Å². The molecule has 2 heterocycles. The highest BCUT2D eigenvalue weighted by Gasteiger charge is 2.32. The Balaban J connectivity index is 1.64. The minimum atomic E-state index is -0.641. The van der Waals surface area contributed by atoms with Gasteiger partial charge in [0, 0.05) is 18.5 Å². The summed E-state index contributed by atoms with van der Waals surface area (Å²) in [6.45, 7) is 0.501. The van der Waals surface area contributed by atoms with E-state index in [4.69, 9.17) is 15.3 Å². The Morgan fingerprint density at radius 3 is 2.96 bits per heavy atom. The van der Waals surface area contributed by atoms with Gasteiger partial charge in [0.1, 0.15) is 17.6 Å². The lowest BCUT2D eigenvalue weighted by atomic mass is 10.2. The molecule has 1 aliphatic heterocycles. The molecule has 1 atom stereocenters. The topological polar surface area (TPSA) is 119 Å². The number of amides is 1. The standard InChI is InChI=1S/C17H18FN5O4S/c18-14-5-12(23-6-13(8-25)27-17(23)26)1-2-15(14)22(10-19)4-3-20-16-21-11(7-24)9-28-16/h1-2,5,7,9-10,13,19,25H,3-4,6,8H2,(H,20,21). The molecular formula is C17H18FN5O4S. The maximum Gasteiger partial charge on any atom is 0.414 e. The largest absolute Gasteiger partial charge is 0.441 e. The van der Waals surface area contributed by atoms with E-state index in [1.165, 1.54) is 33.3 Å². The highest BCUT2D eigenvalue weighted by molar-refractivity contribution is 7.13. The van der Waals surface area contributed by atoms with Crippen LogP contribution in [0.2, 0.25) is 0 Å². The molecule has 1 fully saturated rings. The van der Waals surface area contributed by atoms with Crippen molar-refractivity contribution in [3.63, 3.8) is 0 Å². The lowest BCUT2D eigenvalue weighted by Gasteiger charge is -2.21. The van der Waals surface area contributed by atoms with Crippen LogP contribution in [0.1, 0.15) is 10.5 Å². The van der Waals surface area contributed by atoms with Crippen molar-refractivity contribution in [1.29, 1.82) is 5.41 Å². The number of aldehydes is 1. The van der Waals surface area contributed by atoms with Crippen molar-refractivity contribution in [2.75, 3.05) is 41.4 Å². The summed E-state index contributed by atoms with van der Waals surface area (Å²) >= 11 is 1.28. The number of carbonyl (C=O) groups is 2. The highest BCUT2D eigenvalue weighted by Crippen LogP contribution is 2.27. The minimum Gasteiger partial charge on any atom is -0.441 e. The molecule has 3 rings (SSSR count). The number of carbonyl (C=O) groups excluding carboxylic acids is 2. The number of nitrogens with one attached hydrogen (secondary N) is 2. The van der Waals surface area contributed by atoms with Crippen LogP contribution in [0.25, 0.3) is 0 Å². The molecule has 0 aliphatic carbocycles. The molecule has 3 N–H and O–H groups in total. The fourth-order valence-electron chi connectivity index (χ4n) is 2.68. The van der Waals surface area contributed by atoms with Crippen LogP contribution in [-0.2, 0) is 4.74 Å². The molecule has 0 saturated carbocycles. The van der Waals surface area contributed by atoms with E-state index in [2.05, 4.69) is 10.3 Å². The zero-order valence-corrected chi connectivity index (χ0v) is 15.5. The van der Waals surface area contributed by atoms with Gasteiger partial charge in [-0.3, -0.25) is 15.1 Å². The van der Waals surface area contributed by atoms with Crippen LogP contribution in [0.4, 0.5) is 25.7 Å². The van der Waals surface area contributed by atoms with Gasteiger partial charge in [-0.15, -0.1) is 11.3 Å². The molecule has 28 heavy (non-hydrogen) atoms. The molecule has 1 aromatic carbocycles. The summed E-state index contributed by atoms with van der Waals surface area (Å²) in [6, 6.07) is 4.22. The third-order valence-corrected chi connectivity index (χ3v) is 4.88. The van der Waals surface area contributed by atoms with Gasteiger partial charge >= 0.3 is 6.09 Å². The number of nitrogens with zero attached hydrogens (tertiary/aromatic N) is 3. The van der Waals surface area contributed by atoms with Gasteiger partial charge in [0.05, 0.1) is 30.9 Å². The number of aliphatic hydroxyl groups is 1. The third kappa shape index (κ3) is 4.26. The van der Waals surface area contributed by atoms with Gasteiger partial charge in [-0.2, -0.15) is 0 Å². The smallest absolute Gasteiger partial charge is 0.414 e. The van der Waals surface area contributed by atoms with Gasteiger partial charge in [0.2, 0.25) is 0 Å².